The number of amides is 3. The second-order valence-corrected chi connectivity index (χ2v) is 11.1. The number of benzene rings is 1. The Morgan fingerprint density at radius 1 is 1.04 bits per heavy atom. The van der Waals surface area contributed by atoms with E-state index in [0.29, 0.717) is 61.1 Å². The fraction of sp³-hybridized carbons (Fsp3) is 0.556. The van der Waals surface area contributed by atoms with E-state index in [0.717, 1.165) is 44.5 Å². The van der Waals surface area contributed by atoms with Gasteiger partial charge in [-0.3, -0.25) is 20.1 Å². The molecular weight excluding hydrogens is 626 g/mol. The summed E-state index contributed by atoms with van der Waals surface area (Å²) in [7, 11) is 5.30. The molecule has 0 radical (unpaired) electrons. The number of carbonyl (C=O) groups is 3. The van der Waals surface area contributed by atoms with Gasteiger partial charge < -0.3 is 29.3 Å². The van der Waals surface area contributed by atoms with Crippen molar-refractivity contribution in [2.45, 2.75) is 53.9 Å². The molecule has 0 saturated carbocycles. The number of morpholine rings is 1. The molecule has 2 aromatic rings. The van der Waals surface area contributed by atoms with Gasteiger partial charge in [-0.05, 0) is 39.4 Å². The van der Waals surface area contributed by atoms with Gasteiger partial charge in [0.2, 0.25) is 0 Å². The number of aromatic nitrogens is 2. The fourth-order valence-corrected chi connectivity index (χ4v) is 4.61. The highest BCUT2D eigenvalue weighted by molar-refractivity contribution is 6.24. The number of rotatable bonds is 14. The Morgan fingerprint density at radius 3 is 2.33 bits per heavy atom. The largest absolute Gasteiger partial charge is 0.489 e. The average Bonchev–Trinajstić information content (AvgIpc) is 3.71. The van der Waals surface area contributed by atoms with Crippen LogP contribution in [0.15, 0.2) is 48.9 Å². The Morgan fingerprint density at radius 2 is 1.71 bits per heavy atom. The zero-order chi connectivity index (χ0) is 36.8. The minimum atomic E-state index is -0.373. The van der Waals surface area contributed by atoms with Gasteiger partial charge in [0.1, 0.15) is 0 Å². The van der Waals surface area contributed by atoms with E-state index in [4.69, 9.17) is 9.47 Å². The average molecular weight is 686 g/mol. The molecule has 1 aromatic heterocycles. The first-order chi connectivity index (χ1) is 23.6. The van der Waals surface area contributed by atoms with Gasteiger partial charge in [0.25, 0.3) is 5.91 Å². The van der Waals surface area contributed by atoms with Crippen molar-refractivity contribution in [2.24, 2.45) is 0 Å². The monoisotopic (exact) mass is 685 g/mol. The quantitative estimate of drug-likeness (QED) is 0.151. The van der Waals surface area contributed by atoms with Crippen LogP contribution in [0.25, 0.3) is 11.3 Å². The third-order valence-electron chi connectivity index (χ3n) is 7.65. The standard InChI is InChI=1S/C17H32N2O2.C15H15N5O3.C2H6O.C2H6/c1-7-15(4)10-11-16(5)21-14-17(20)19(9-3)13-12-18(6)8-2;21-14-10-8-16-18-13(10)9-2-1-3-11(12(9)14)17-15(22)19-20-4-6-23-7-5-20;1-3-2;1-2/h4-5,7-14H2,1-3,6H3;1-3,8H,4-7H2,(H,16,18)(H2,17,19,22);1-2H3;1-2H3. The Bertz CT molecular complexity index is 1320. The summed E-state index contributed by atoms with van der Waals surface area (Å²) in [5.74, 6) is 0.558. The summed E-state index contributed by atoms with van der Waals surface area (Å²) in [6, 6.07) is 4.98. The first kappa shape index (κ1) is 43.0. The van der Waals surface area contributed by atoms with E-state index in [1.807, 2.05) is 31.7 Å². The number of hydrazine groups is 1. The molecule has 1 aliphatic heterocycles. The van der Waals surface area contributed by atoms with Crippen molar-refractivity contribution >= 4 is 23.4 Å². The number of hydrogen-bond donors (Lipinski definition) is 3. The molecule has 0 bridgehead atoms. The summed E-state index contributed by atoms with van der Waals surface area (Å²) < 4.78 is 15.0. The number of likely N-dealkylation sites (N-methyl/N-ethyl adjacent to an activating group) is 2. The number of nitrogens with zero attached hydrogens (tertiary/aromatic N) is 4. The Kier molecular flexibility index (Phi) is 21.2. The van der Waals surface area contributed by atoms with Crippen molar-refractivity contribution in [3.05, 3.63) is 60.0 Å². The summed E-state index contributed by atoms with van der Waals surface area (Å²) in [6.45, 7) is 23.8. The molecule has 274 valence electrons. The molecular formula is C36H59N7O6. The summed E-state index contributed by atoms with van der Waals surface area (Å²) in [6.07, 6.45) is 4.10. The number of carbonyl (C=O) groups excluding carboxylic acids is 3. The van der Waals surface area contributed by atoms with Crippen LogP contribution in [0.1, 0.15) is 69.8 Å². The van der Waals surface area contributed by atoms with E-state index in [1.54, 1.807) is 31.4 Å². The summed E-state index contributed by atoms with van der Waals surface area (Å²) in [5.41, 5.74) is 6.91. The minimum absolute atomic E-state index is 0.0254. The van der Waals surface area contributed by atoms with E-state index in [-0.39, 0.29) is 24.3 Å². The summed E-state index contributed by atoms with van der Waals surface area (Å²) in [5, 5.41) is 11.3. The van der Waals surface area contributed by atoms with Crippen molar-refractivity contribution in [1.29, 1.82) is 0 Å². The third-order valence-corrected chi connectivity index (χ3v) is 7.65. The first-order valence-corrected chi connectivity index (χ1v) is 17.0. The van der Waals surface area contributed by atoms with E-state index in [9.17, 15) is 14.4 Å². The smallest absolute Gasteiger partial charge is 0.333 e. The molecule has 3 N–H and O–H groups in total. The minimum Gasteiger partial charge on any atom is -0.489 e. The maximum atomic E-state index is 12.5. The number of ketones is 1. The van der Waals surface area contributed by atoms with Crippen molar-refractivity contribution in [3.8, 4) is 11.3 Å². The Balaban J connectivity index is 0.000000436. The first-order valence-electron chi connectivity index (χ1n) is 17.0. The number of fused-ring (bicyclic) bond motifs is 3. The molecule has 2 heterocycles. The lowest BCUT2D eigenvalue weighted by atomic mass is 10.1. The number of ether oxygens (including phenoxy) is 3. The number of hydrogen-bond acceptors (Lipinski definition) is 9. The molecule has 3 amide bonds. The molecule has 0 atom stereocenters. The van der Waals surface area contributed by atoms with E-state index in [2.05, 4.69) is 64.6 Å². The van der Waals surface area contributed by atoms with E-state index >= 15 is 0 Å². The highest BCUT2D eigenvalue weighted by Crippen LogP contribution is 2.38. The number of H-pyrrole nitrogens is 1. The van der Waals surface area contributed by atoms with Crippen LogP contribution in [-0.2, 0) is 19.0 Å². The van der Waals surface area contributed by atoms with Crippen molar-refractivity contribution in [3.63, 3.8) is 0 Å². The van der Waals surface area contributed by atoms with Crippen LogP contribution < -0.4 is 10.7 Å². The van der Waals surface area contributed by atoms with Crippen molar-refractivity contribution < 1.29 is 28.6 Å². The molecule has 2 aliphatic rings. The fourth-order valence-electron chi connectivity index (χ4n) is 4.61. The lowest BCUT2D eigenvalue weighted by molar-refractivity contribution is -0.134. The molecule has 0 spiro atoms. The van der Waals surface area contributed by atoms with Gasteiger partial charge in [-0.1, -0.05) is 58.6 Å². The molecule has 1 fully saturated rings. The van der Waals surface area contributed by atoms with E-state index in [1.165, 1.54) is 11.8 Å². The van der Waals surface area contributed by atoms with Crippen molar-refractivity contribution in [2.75, 3.05) is 85.7 Å². The Hall–Kier alpha value is -4.04. The number of allylic oxidation sites excluding steroid dienone is 2. The highest BCUT2D eigenvalue weighted by Gasteiger charge is 2.31. The third kappa shape index (κ3) is 14.5. The maximum absolute atomic E-state index is 12.5. The lowest BCUT2D eigenvalue weighted by Gasteiger charge is -2.27. The van der Waals surface area contributed by atoms with Gasteiger partial charge in [-0.15, -0.1) is 0 Å². The van der Waals surface area contributed by atoms with Gasteiger partial charge in [0, 0.05) is 58.9 Å². The van der Waals surface area contributed by atoms with Crippen LogP contribution in [0.4, 0.5) is 10.5 Å². The maximum Gasteiger partial charge on any atom is 0.333 e. The number of anilines is 1. The van der Waals surface area contributed by atoms with Crippen LogP contribution >= 0.6 is 0 Å². The predicted octanol–water partition coefficient (Wildman–Crippen LogP) is 5.34. The SMILES string of the molecule is C=C(CC)CCC(=C)OCC(=O)N(CC)CCN(C)CC.CC.COC.O=C(Nc1cccc2c1C(=O)c1cn[nH]c1-2)NN1CCOCC1. The van der Waals surface area contributed by atoms with Crippen LogP contribution in [0.5, 0.6) is 0 Å². The highest BCUT2D eigenvalue weighted by atomic mass is 16.5. The zero-order valence-corrected chi connectivity index (χ0v) is 30.9. The van der Waals surface area contributed by atoms with Gasteiger partial charge in [-0.2, -0.15) is 5.10 Å². The second kappa shape index (κ2) is 24.2. The van der Waals surface area contributed by atoms with Crippen LogP contribution in [-0.4, -0.2) is 123 Å². The summed E-state index contributed by atoms with van der Waals surface area (Å²) >= 11 is 0. The number of urea groups is 1. The van der Waals surface area contributed by atoms with Crippen molar-refractivity contribution in [1.82, 2.24) is 30.4 Å². The topological polar surface area (TPSA) is 141 Å². The molecule has 13 nitrogen and oxygen atoms in total. The lowest BCUT2D eigenvalue weighted by Crippen LogP contribution is -2.49. The number of methoxy groups -OCH3 is 1. The molecule has 0 unspecified atom stereocenters. The molecule has 1 aromatic carbocycles. The normalized spacial score (nSPS) is 12.9. The second-order valence-electron chi connectivity index (χ2n) is 11.1. The van der Waals surface area contributed by atoms with Gasteiger partial charge in [0.05, 0.1) is 47.7 Å². The van der Waals surface area contributed by atoms with Crippen LogP contribution in [0, 0.1) is 0 Å². The predicted molar refractivity (Wildman–Crippen MR) is 195 cm³/mol. The van der Waals surface area contributed by atoms with Gasteiger partial charge >= 0.3 is 6.03 Å². The van der Waals surface area contributed by atoms with Crippen LogP contribution in [0.2, 0.25) is 0 Å². The molecule has 4 rings (SSSR count). The molecule has 13 heteroatoms. The molecule has 1 saturated heterocycles. The Labute approximate surface area is 293 Å². The van der Waals surface area contributed by atoms with Gasteiger partial charge in [-0.25, -0.2) is 9.80 Å². The summed E-state index contributed by atoms with van der Waals surface area (Å²) in [4.78, 5) is 40.8. The molecule has 1 aliphatic carbocycles. The number of aromatic amines is 1. The zero-order valence-electron chi connectivity index (χ0n) is 30.9. The van der Waals surface area contributed by atoms with Crippen LogP contribution in [0.3, 0.4) is 0 Å². The van der Waals surface area contributed by atoms with E-state index < -0.39 is 0 Å². The molecule has 49 heavy (non-hydrogen) atoms. The van der Waals surface area contributed by atoms with Gasteiger partial charge in [0.15, 0.2) is 12.4 Å². The number of nitrogens with one attached hydrogen (secondary N) is 3.